The number of aromatic nitrogens is 2. The van der Waals surface area contributed by atoms with E-state index in [0.29, 0.717) is 36.6 Å². The van der Waals surface area contributed by atoms with E-state index in [0.717, 1.165) is 5.56 Å². The highest BCUT2D eigenvalue weighted by molar-refractivity contribution is 5.76. The molecule has 0 spiro atoms. The van der Waals surface area contributed by atoms with E-state index in [1.165, 1.54) is 4.68 Å². The number of rotatable bonds is 8. The zero-order valence-corrected chi connectivity index (χ0v) is 16.5. The number of nitro groups is 1. The first-order valence-corrected chi connectivity index (χ1v) is 8.83. The lowest BCUT2D eigenvalue weighted by molar-refractivity contribution is -0.386. The van der Waals surface area contributed by atoms with Crippen LogP contribution in [0, 0.1) is 35.3 Å². The van der Waals surface area contributed by atoms with E-state index in [9.17, 15) is 14.9 Å². The number of hydrogen-bond donors (Lipinski definition) is 0. The Labute approximate surface area is 163 Å². The Morgan fingerprint density at radius 3 is 2.39 bits per heavy atom. The van der Waals surface area contributed by atoms with Gasteiger partial charge in [0, 0.05) is 19.6 Å². The number of carbonyl (C=O) groups excluding carboxylic acids is 1. The van der Waals surface area contributed by atoms with Crippen LogP contribution in [0.15, 0.2) is 24.3 Å². The zero-order valence-electron chi connectivity index (χ0n) is 16.5. The highest BCUT2D eigenvalue weighted by Gasteiger charge is 2.24. The molecule has 1 heterocycles. The molecule has 0 radical (unpaired) electrons. The van der Waals surface area contributed by atoms with E-state index in [1.54, 1.807) is 30.9 Å². The third kappa shape index (κ3) is 5.14. The normalized spacial score (nSPS) is 10.7. The lowest BCUT2D eigenvalue weighted by atomic mass is 10.1. The number of benzene rings is 1. The van der Waals surface area contributed by atoms with Gasteiger partial charge in [-0.15, -0.1) is 0 Å². The van der Waals surface area contributed by atoms with Crippen LogP contribution in [0.25, 0.3) is 0 Å². The fourth-order valence-electron chi connectivity index (χ4n) is 2.85. The summed E-state index contributed by atoms with van der Waals surface area (Å²) in [4.78, 5) is 27.3. The number of aryl methyl sites for hydroxylation is 1. The molecule has 0 aliphatic heterocycles. The molecule has 9 nitrogen and oxygen atoms in total. The summed E-state index contributed by atoms with van der Waals surface area (Å²) in [5, 5.41) is 24.3. The fraction of sp³-hybridized carbons (Fsp3) is 0.421. The molecule has 0 saturated carbocycles. The predicted molar refractivity (Wildman–Crippen MR) is 103 cm³/mol. The maximum absolute atomic E-state index is 12.9. The van der Waals surface area contributed by atoms with Crippen LogP contribution in [0.1, 0.15) is 22.5 Å². The van der Waals surface area contributed by atoms with Gasteiger partial charge in [0.25, 0.3) is 0 Å². The Hall–Kier alpha value is -3.25. The van der Waals surface area contributed by atoms with Crippen LogP contribution in [0.2, 0.25) is 0 Å². The molecular formula is C19H24N6O3. The Morgan fingerprint density at radius 2 is 1.89 bits per heavy atom. The summed E-state index contributed by atoms with van der Waals surface area (Å²) in [6, 6.07) is 9.15. The van der Waals surface area contributed by atoms with Crippen molar-refractivity contribution in [3.63, 3.8) is 0 Å². The van der Waals surface area contributed by atoms with Gasteiger partial charge in [-0.05, 0) is 45.6 Å². The van der Waals surface area contributed by atoms with Crippen LogP contribution in [0.3, 0.4) is 0 Å². The molecule has 9 heteroatoms. The standard InChI is InChI=1S/C19H24N6O3/c1-14-19(25(27)28)15(2)24(21-14)13-18(26)23(10-9-22(3)4)12-17-7-5-16(11-20)6-8-17/h5-8H,9-10,12-13H2,1-4H3. The summed E-state index contributed by atoms with van der Waals surface area (Å²) in [5.41, 5.74) is 2.07. The van der Waals surface area contributed by atoms with Crippen molar-refractivity contribution < 1.29 is 9.72 Å². The van der Waals surface area contributed by atoms with Crippen LogP contribution in [0.5, 0.6) is 0 Å². The molecule has 2 rings (SSSR count). The molecule has 0 N–H and O–H groups in total. The number of nitrogens with zero attached hydrogens (tertiary/aromatic N) is 6. The van der Waals surface area contributed by atoms with Gasteiger partial charge >= 0.3 is 5.69 Å². The van der Waals surface area contributed by atoms with Gasteiger partial charge in [0.2, 0.25) is 5.91 Å². The molecule has 0 aliphatic rings. The summed E-state index contributed by atoms with van der Waals surface area (Å²) in [6.45, 7) is 4.67. The van der Waals surface area contributed by atoms with E-state index in [-0.39, 0.29) is 18.1 Å². The molecule has 1 aromatic carbocycles. The first kappa shape index (κ1) is 21.1. The maximum atomic E-state index is 12.9. The molecular weight excluding hydrogens is 360 g/mol. The Bertz CT molecular complexity index is 896. The molecule has 0 atom stereocenters. The minimum Gasteiger partial charge on any atom is -0.335 e. The molecule has 28 heavy (non-hydrogen) atoms. The monoisotopic (exact) mass is 384 g/mol. The van der Waals surface area contributed by atoms with Gasteiger partial charge in [0.1, 0.15) is 17.9 Å². The van der Waals surface area contributed by atoms with E-state index in [4.69, 9.17) is 5.26 Å². The van der Waals surface area contributed by atoms with Gasteiger partial charge < -0.3 is 9.80 Å². The molecule has 1 amide bonds. The summed E-state index contributed by atoms with van der Waals surface area (Å²) >= 11 is 0. The van der Waals surface area contributed by atoms with Crippen LogP contribution in [0.4, 0.5) is 5.69 Å². The average Bonchev–Trinajstić information content (AvgIpc) is 2.92. The van der Waals surface area contributed by atoms with E-state index < -0.39 is 4.92 Å². The van der Waals surface area contributed by atoms with Crippen LogP contribution < -0.4 is 0 Å². The van der Waals surface area contributed by atoms with E-state index in [1.807, 2.05) is 31.1 Å². The third-order valence-electron chi connectivity index (χ3n) is 4.44. The molecule has 2 aromatic rings. The number of amides is 1. The maximum Gasteiger partial charge on any atom is 0.312 e. The minimum atomic E-state index is -0.473. The first-order chi connectivity index (χ1) is 13.2. The zero-order chi connectivity index (χ0) is 20.8. The second kappa shape index (κ2) is 9.10. The SMILES string of the molecule is Cc1nn(CC(=O)N(CCN(C)C)Cc2ccc(C#N)cc2)c(C)c1[N+](=O)[O-]. The van der Waals surface area contributed by atoms with Gasteiger partial charge in [-0.2, -0.15) is 10.4 Å². The molecule has 148 valence electrons. The van der Waals surface area contributed by atoms with Gasteiger partial charge in [-0.25, -0.2) is 0 Å². The summed E-state index contributed by atoms with van der Waals surface area (Å²) < 4.78 is 1.39. The van der Waals surface area contributed by atoms with Crippen molar-refractivity contribution in [1.82, 2.24) is 19.6 Å². The lowest BCUT2D eigenvalue weighted by Crippen LogP contribution is -2.38. The molecule has 0 saturated heterocycles. The molecule has 0 fully saturated rings. The molecule has 1 aromatic heterocycles. The second-order valence-electron chi connectivity index (χ2n) is 6.86. The van der Waals surface area contributed by atoms with E-state index in [2.05, 4.69) is 11.2 Å². The average molecular weight is 384 g/mol. The number of carbonyl (C=O) groups is 1. The third-order valence-corrected chi connectivity index (χ3v) is 4.44. The Balaban J connectivity index is 2.20. The van der Waals surface area contributed by atoms with Gasteiger partial charge in [0.05, 0.1) is 16.6 Å². The molecule has 0 unspecified atom stereocenters. The van der Waals surface area contributed by atoms with Crippen LogP contribution in [-0.4, -0.2) is 57.6 Å². The van der Waals surface area contributed by atoms with Crippen LogP contribution >= 0.6 is 0 Å². The molecule has 0 bridgehead atoms. The summed E-state index contributed by atoms with van der Waals surface area (Å²) in [5.74, 6) is -0.174. The first-order valence-electron chi connectivity index (χ1n) is 8.83. The van der Waals surface area contributed by atoms with Crippen molar-refractivity contribution in [1.29, 1.82) is 5.26 Å². The smallest absolute Gasteiger partial charge is 0.312 e. The topological polar surface area (TPSA) is 108 Å². The van der Waals surface area contributed by atoms with Crippen molar-refractivity contribution in [2.45, 2.75) is 26.9 Å². The summed E-state index contributed by atoms with van der Waals surface area (Å²) in [7, 11) is 3.85. The fourth-order valence-corrected chi connectivity index (χ4v) is 2.85. The van der Waals surface area contributed by atoms with Crippen molar-refractivity contribution >= 4 is 11.6 Å². The van der Waals surface area contributed by atoms with Crippen molar-refractivity contribution in [2.24, 2.45) is 0 Å². The van der Waals surface area contributed by atoms with Gasteiger partial charge in [-0.3, -0.25) is 19.6 Å². The Kier molecular flexibility index (Phi) is 6.84. The lowest BCUT2D eigenvalue weighted by Gasteiger charge is -2.25. The minimum absolute atomic E-state index is 0.0558. The van der Waals surface area contributed by atoms with Crippen molar-refractivity contribution in [2.75, 3.05) is 27.2 Å². The van der Waals surface area contributed by atoms with Crippen molar-refractivity contribution in [3.8, 4) is 6.07 Å². The predicted octanol–water partition coefficient (Wildman–Crippen LogP) is 1.87. The highest BCUT2D eigenvalue weighted by atomic mass is 16.6. The van der Waals surface area contributed by atoms with Crippen molar-refractivity contribution in [3.05, 3.63) is 56.9 Å². The Morgan fingerprint density at radius 1 is 1.25 bits per heavy atom. The highest BCUT2D eigenvalue weighted by Crippen LogP contribution is 2.22. The summed E-state index contributed by atoms with van der Waals surface area (Å²) in [6.07, 6.45) is 0. The van der Waals surface area contributed by atoms with Crippen LogP contribution in [-0.2, 0) is 17.9 Å². The molecule has 0 aliphatic carbocycles. The number of hydrogen-bond acceptors (Lipinski definition) is 6. The largest absolute Gasteiger partial charge is 0.335 e. The number of nitriles is 1. The van der Waals surface area contributed by atoms with E-state index >= 15 is 0 Å². The number of likely N-dealkylation sites (N-methyl/N-ethyl adjacent to an activating group) is 1. The van der Waals surface area contributed by atoms with Gasteiger partial charge in [0.15, 0.2) is 0 Å². The quantitative estimate of drug-likeness (QED) is 0.508. The van der Waals surface area contributed by atoms with Gasteiger partial charge in [-0.1, -0.05) is 12.1 Å². The second-order valence-corrected chi connectivity index (χ2v) is 6.86.